The molecule has 0 radical (unpaired) electrons. The molecular formula is C16H16ClFN4O2. The number of rotatable bonds is 4. The standard InChI is InChI=1S/C16H16ClFN4O2/c17-13-2-1-12(18)3-14(13)21-5-10-7-22(8-11(10)6-21)15-4-16(19-9-23)24-20-15/h1-4,9-11H,5-8H2,(H,19,23). The first kappa shape index (κ1) is 15.3. The molecule has 2 unspecified atom stereocenters. The number of benzene rings is 1. The highest BCUT2D eigenvalue weighted by atomic mass is 35.5. The van der Waals surface area contributed by atoms with Gasteiger partial charge < -0.3 is 14.3 Å². The van der Waals surface area contributed by atoms with Crippen LogP contribution in [-0.4, -0.2) is 37.7 Å². The van der Waals surface area contributed by atoms with Crippen molar-refractivity contribution >= 4 is 35.4 Å². The number of aromatic nitrogens is 1. The van der Waals surface area contributed by atoms with E-state index in [4.69, 9.17) is 16.1 Å². The van der Waals surface area contributed by atoms with Gasteiger partial charge in [0.2, 0.25) is 12.3 Å². The van der Waals surface area contributed by atoms with Gasteiger partial charge in [-0.2, -0.15) is 0 Å². The Kier molecular flexibility index (Phi) is 3.80. The quantitative estimate of drug-likeness (QED) is 0.859. The molecule has 1 N–H and O–H groups in total. The molecule has 0 saturated carbocycles. The average Bonchev–Trinajstić information content (AvgIpc) is 3.23. The van der Waals surface area contributed by atoms with E-state index in [1.54, 1.807) is 12.1 Å². The lowest BCUT2D eigenvalue weighted by Crippen LogP contribution is -2.29. The number of hydrogen-bond acceptors (Lipinski definition) is 5. The zero-order valence-corrected chi connectivity index (χ0v) is 13.5. The molecule has 2 fully saturated rings. The number of hydrogen-bond donors (Lipinski definition) is 1. The highest BCUT2D eigenvalue weighted by Crippen LogP contribution is 2.38. The third kappa shape index (κ3) is 2.69. The molecule has 0 spiro atoms. The monoisotopic (exact) mass is 350 g/mol. The van der Waals surface area contributed by atoms with Gasteiger partial charge in [0.15, 0.2) is 5.82 Å². The van der Waals surface area contributed by atoms with Crippen LogP contribution in [0.5, 0.6) is 0 Å². The summed E-state index contributed by atoms with van der Waals surface area (Å²) in [6.45, 7) is 3.37. The minimum Gasteiger partial charge on any atom is -0.370 e. The van der Waals surface area contributed by atoms with E-state index in [2.05, 4.69) is 20.3 Å². The van der Waals surface area contributed by atoms with Crippen molar-refractivity contribution in [3.05, 3.63) is 35.1 Å². The van der Waals surface area contributed by atoms with Crippen LogP contribution in [0.25, 0.3) is 0 Å². The zero-order valence-electron chi connectivity index (χ0n) is 12.8. The molecule has 1 aromatic carbocycles. The second kappa shape index (κ2) is 5.98. The van der Waals surface area contributed by atoms with Gasteiger partial charge in [0, 0.05) is 44.1 Å². The Labute approximate surface area is 143 Å². The van der Waals surface area contributed by atoms with Gasteiger partial charge in [-0.05, 0) is 18.2 Å². The zero-order chi connectivity index (χ0) is 16.7. The van der Waals surface area contributed by atoms with Crippen molar-refractivity contribution in [3.8, 4) is 0 Å². The highest BCUT2D eigenvalue weighted by Gasteiger charge is 2.41. The summed E-state index contributed by atoms with van der Waals surface area (Å²) in [6.07, 6.45) is 0.559. The van der Waals surface area contributed by atoms with Crippen LogP contribution in [0.15, 0.2) is 28.8 Å². The highest BCUT2D eigenvalue weighted by molar-refractivity contribution is 6.33. The fourth-order valence-corrected chi connectivity index (χ4v) is 3.88. The number of nitrogens with zero attached hydrogens (tertiary/aromatic N) is 3. The molecule has 8 heteroatoms. The summed E-state index contributed by atoms with van der Waals surface area (Å²) in [5.74, 6) is 1.72. The van der Waals surface area contributed by atoms with Gasteiger partial charge >= 0.3 is 0 Å². The summed E-state index contributed by atoms with van der Waals surface area (Å²) in [5.41, 5.74) is 0.761. The summed E-state index contributed by atoms with van der Waals surface area (Å²) in [6, 6.07) is 6.19. The van der Waals surface area contributed by atoms with E-state index >= 15 is 0 Å². The molecule has 2 saturated heterocycles. The van der Waals surface area contributed by atoms with E-state index in [0.29, 0.717) is 29.2 Å². The number of anilines is 3. The second-order valence-electron chi connectivity index (χ2n) is 6.24. The predicted molar refractivity (Wildman–Crippen MR) is 89.0 cm³/mol. The first-order valence-electron chi connectivity index (χ1n) is 7.76. The molecule has 6 nitrogen and oxygen atoms in total. The first-order valence-corrected chi connectivity index (χ1v) is 8.13. The third-order valence-corrected chi connectivity index (χ3v) is 5.08. The molecule has 1 amide bonds. The lowest BCUT2D eigenvalue weighted by Gasteiger charge is -2.23. The Morgan fingerprint density at radius 2 is 1.92 bits per heavy atom. The Balaban J connectivity index is 1.44. The maximum Gasteiger partial charge on any atom is 0.233 e. The summed E-state index contributed by atoms with van der Waals surface area (Å²) in [4.78, 5) is 14.7. The van der Waals surface area contributed by atoms with Crippen LogP contribution in [0.2, 0.25) is 5.02 Å². The molecule has 3 heterocycles. The van der Waals surface area contributed by atoms with Gasteiger partial charge in [-0.1, -0.05) is 16.8 Å². The Morgan fingerprint density at radius 1 is 1.21 bits per heavy atom. The van der Waals surface area contributed by atoms with E-state index in [0.717, 1.165) is 37.7 Å². The molecule has 4 rings (SSSR count). The van der Waals surface area contributed by atoms with Crippen LogP contribution in [0.3, 0.4) is 0 Å². The van der Waals surface area contributed by atoms with Gasteiger partial charge in [0.05, 0.1) is 10.7 Å². The number of fused-ring (bicyclic) bond motifs is 1. The number of carbonyl (C=O) groups excluding carboxylic acids is 1. The predicted octanol–water partition coefficient (Wildman–Crippen LogP) is 2.61. The molecular weight excluding hydrogens is 335 g/mol. The van der Waals surface area contributed by atoms with Crippen LogP contribution >= 0.6 is 11.6 Å². The number of nitrogens with one attached hydrogen (secondary N) is 1. The van der Waals surface area contributed by atoms with Crippen LogP contribution in [-0.2, 0) is 4.79 Å². The molecule has 126 valence electrons. The van der Waals surface area contributed by atoms with Gasteiger partial charge in [0.25, 0.3) is 0 Å². The van der Waals surface area contributed by atoms with Crippen LogP contribution in [0.4, 0.5) is 21.8 Å². The average molecular weight is 351 g/mol. The molecule has 2 atom stereocenters. The van der Waals surface area contributed by atoms with Gasteiger partial charge in [-0.15, -0.1) is 0 Å². The van der Waals surface area contributed by atoms with E-state index in [1.807, 2.05) is 0 Å². The van der Waals surface area contributed by atoms with Crippen molar-refractivity contribution in [2.24, 2.45) is 11.8 Å². The van der Waals surface area contributed by atoms with Gasteiger partial charge in [-0.3, -0.25) is 10.1 Å². The van der Waals surface area contributed by atoms with Crippen molar-refractivity contribution < 1.29 is 13.7 Å². The molecule has 0 bridgehead atoms. The largest absolute Gasteiger partial charge is 0.370 e. The van der Waals surface area contributed by atoms with Crippen LogP contribution in [0, 0.1) is 17.7 Å². The van der Waals surface area contributed by atoms with Crippen molar-refractivity contribution in [1.82, 2.24) is 5.16 Å². The van der Waals surface area contributed by atoms with E-state index in [-0.39, 0.29) is 5.82 Å². The van der Waals surface area contributed by atoms with Crippen LogP contribution in [0.1, 0.15) is 0 Å². The number of carbonyl (C=O) groups is 1. The van der Waals surface area contributed by atoms with E-state index in [9.17, 15) is 9.18 Å². The number of halogens is 2. The number of amides is 1. The second-order valence-corrected chi connectivity index (χ2v) is 6.64. The van der Waals surface area contributed by atoms with E-state index < -0.39 is 0 Å². The minimum absolute atomic E-state index is 0.272. The molecule has 2 aliphatic rings. The summed E-state index contributed by atoms with van der Waals surface area (Å²) < 4.78 is 18.6. The maximum atomic E-state index is 13.5. The lowest BCUT2D eigenvalue weighted by atomic mass is 10.0. The van der Waals surface area contributed by atoms with Gasteiger partial charge in [-0.25, -0.2) is 4.39 Å². The summed E-state index contributed by atoms with van der Waals surface area (Å²) in [5, 5.41) is 7.02. The minimum atomic E-state index is -0.272. The lowest BCUT2D eigenvalue weighted by molar-refractivity contribution is -0.105. The summed E-state index contributed by atoms with van der Waals surface area (Å²) in [7, 11) is 0. The van der Waals surface area contributed by atoms with Crippen molar-refractivity contribution in [2.45, 2.75) is 0 Å². The third-order valence-electron chi connectivity index (χ3n) is 4.76. The smallest absolute Gasteiger partial charge is 0.233 e. The molecule has 24 heavy (non-hydrogen) atoms. The van der Waals surface area contributed by atoms with E-state index in [1.165, 1.54) is 12.1 Å². The Morgan fingerprint density at radius 3 is 2.62 bits per heavy atom. The van der Waals surface area contributed by atoms with Crippen molar-refractivity contribution in [3.63, 3.8) is 0 Å². The maximum absolute atomic E-state index is 13.5. The van der Waals surface area contributed by atoms with Crippen molar-refractivity contribution in [2.75, 3.05) is 41.3 Å². The van der Waals surface area contributed by atoms with Crippen LogP contribution < -0.4 is 15.1 Å². The molecule has 1 aromatic heterocycles. The SMILES string of the molecule is O=CNc1cc(N2CC3CN(c4cc(F)ccc4Cl)CC3C2)no1. The van der Waals surface area contributed by atoms with Crippen molar-refractivity contribution in [1.29, 1.82) is 0 Å². The topological polar surface area (TPSA) is 61.6 Å². The Bertz CT molecular complexity index is 754. The normalized spacial score (nSPS) is 22.8. The fourth-order valence-electron chi connectivity index (χ4n) is 3.65. The van der Waals surface area contributed by atoms with Gasteiger partial charge in [0.1, 0.15) is 5.82 Å². The molecule has 0 aliphatic carbocycles. The first-order chi connectivity index (χ1) is 11.6. The molecule has 2 aromatic rings. The summed E-state index contributed by atoms with van der Waals surface area (Å²) >= 11 is 6.21. The fraction of sp³-hybridized carbons (Fsp3) is 0.375. The Hall–Kier alpha value is -2.28. The molecule has 2 aliphatic heterocycles.